The Balaban J connectivity index is 1.57. The summed E-state index contributed by atoms with van der Waals surface area (Å²) in [6.07, 6.45) is 0.577. The summed E-state index contributed by atoms with van der Waals surface area (Å²) in [4.78, 5) is 13.6. The molecule has 2 N–H and O–H groups in total. The molecule has 1 aliphatic rings. The van der Waals surface area contributed by atoms with Gasteiger partial charge in [-0.05, 0) is 41.8 Å². The molecule has 2 aromatic carbocycles. The number of rotatable bonds is 5. The fourth-order valence-corrected chi connectivity index (χ4v) is 6.01. The van der Waals surface area contributed by atoms with Crippen molar-refractivity contribution in [2.75, 3.05) is 10.5 Å². The van der Waals surface area contributed by atoms with Crippen LogP contribution < -0.4 is 10.1 Å². The maximum absolute atomic E-state index is 13.6. The van der Waals surface area contributed by atoms with Crippen LogP contribution in [0.2, 0.25) is 0 Å². The summed E-state index contributed by atoms with van der Waals surface area (Å²) < 4.78 is 41.3. The molecule has 0 atom stereocenters. The normalized spacial score (nSPS) is 14.9. The Bertz CT molecular complexity index is 1230. The van der Waals surface area contributed by atoms with E-state index in [0.717, 1.165) is 22.0 Å². The highest BCUT2D eigenvalue weighted by molar-refractivity contribution is 7.99. The molecule has 10 heteroatoms. The Morgan fingerprint density at radius 3 is 2.73 bits per heavy atom. The standard InChI is InChI=1S/C20H16FN3O3S3/c21-13-7-8-18-15(12-13)16(9-11-28-18)22-23-20(25)14-4-1-2-5-17(14)24-30(26,27)19-6-3-10-29-19/h1-8,10,12,24H,9,11H2,(H,23,25). The van der Waals surface area contributed by atoms with E-state index in [-0.39, 0.29) is 21.3 Å². The summed E-state index contributed by atoms with van der Waals surface area (Å²) in [5.74, 6) is -0.170. The molecule has 0 radical (unpaired) electrons. The van der Waals surface area contributed by atoms with E-state index < -0.39 is 15.9 Å². The van der Waals surface area contributed by atoms with E-state index in [1.54, 1.807) is 41.4 Å². The number of hydrazone groups is 1. The number of hydrogen-bond acceptors (Lipinski definition) is 6. The van der Waals surface area contributed by atoms with E-state index >= 15 is 0 Å². The second-order valence-electron chi connectivity index (χ2n) is 6.32. The minimum Gasteiger partial charge on any atom is -0.278 e. The fraction of sp³-hybridized carbons (Fsp3) is 0.100. The molecule has 6 nitrogen and oxygen atoms in total. The van der Waals surface area contributed by atoms with Gasteiger partial charge in [0, 0.05) is 22.6 Å². The topological polar surface area (TPSA) is 87.6 Å². The van der Waals surface area contributed by atoms with Crippen molar-refractivity contribution < 1.29 is 17.6 Å². The van der Waals surface area contributed by atoms with Gasteiger partial charge in [-0.25, -0.2) is 18.2 Å². The monoisotopic (exact) mass is 461 g/mol. The molecule has 4 rings (SSSR count). The minimum absolute atomic E-state index is 0.131. The highest BCUT2D eigenvalue weighted by atomic mass is 32.2. The van der Waals surface area contributed by atoms with Crippen LogP contribution in [0.15, 0.2) is 74.2 Å². The summed E-state index contributed by atoms with van der Waals surface area (Å²) in [7, 11) is -3.80. The maximum Gasteiger partial charge on any atom is 0.273 e. The number of thiophene rings is 1. The highest BCUT2D eigenvalue weighted by Gasteiger charge is 2.20. The van der Waals surface area contributed by atoms with Gasteiger partial charge in [-0.2, -0.15) is 5.10 Å². The SMILES string of the molecule is O=C(NN=C1CCSc2ccc(F)cc21)c1ccccc1NS(=O)(=O)c1cccs1. The van der Waals surface area contributed by atoms with E-state index in [2.05, 4.69) is 15.2 Å². The van der Waals surface area contributed by atoms with Gasteiger partial charge in [-0.15, -0.1) is 23.1 Å². The number of carbonyl (C=O) groups excluding carboxylic acids is 1. The lowest BCUT2D eigenvalue weighted by molar-refractivity contribution is 0.0955. The van der Waals surface area contributed by atoms with Crippen LogP contribution >= 0.6 is 23.1 Å². The van der Waals surface area contributed by atoms with Crippen molar-refractivity contribution in [1.29, 1.82) is 0 Å². The molecule has 30 heavy (non-hydrogen) atoms. The second kappa shape index (κ2) is 8.58. The molecule has 1 aromatic heterocycles. The molecule has 0 aliphatic carbocycles. The number of para-hydroxylation sites is 1. The van der Waals surface area contributed by atoms with E-state index in [1.165, 1.54) is 30.3 Å². The molecule has 0 bridgehead atoms. The molecule has 1 amide bonds. The lowest BCUT2D eigenvalue weighted by Gasteiger charge is -2.17. The Kier molecular flexibility index (Phi) is 5.89. The van der Waals surface area contributed by atoms with Crippen LogP contribution in [0.25, 0.3) is 0 Å². The number of halogens is 1. The Labute approximate surface area is 181 Å². The number of nitrogens with zero attached hydrogens (tertiary/aromatic N) is 1. The number of benzene rings is 2. The van der Waals surface area contributed by atoms with Gasteiger partial charge in [-0.3, -0.25) is 9.52 Å². The quantitative estimate of drug-likeness (QED) is 0.554. The predicted molar refractivity (Wildman–Crippen MR) is 117 cm³/mol. The first-order valence-corrected chi connectivity index (χ1v) is 12.2. The van der Waals surface area contributed by atoms with Gasteiger partial charge in [0.1, 0.15) is 10.0 Å². The zero-order chi connectivity index (χ0) is 21.1. The number of hydrogen-bond donors (Lipinski definition) is 2. The van der Waals surface area contributed by atoms with Crippen molar-refractivity contribution in [2.45, 2.75) is 15.5 Å². The first-order chi connectivity index (χ1) is 14.4. The summed E-state index contributed by atoms with van der Waals surface area (Å²) in [6, 6.07) is 13.9. The number of thioether (sulfide) groups is 1. The molecule has 1 aliphatic heterocycles. The molecular weight excluding hydrogens is 445 g/mol. The van der Waals surface area contributed by atoms with Gasteiger partial charge < -0.3 is 0 Å². The average Bonchev–Trinajstić information content (AvgIpc) is 3.28. The Morgan fingerprint density at radius 1 is 1.10 bits per heavy atom. The molecule has 3 aromatic rings. The van der Waals surface area contributed by atoms with Crippen molar-refractivity contribution in [2.24, 2.45) is 5.10 Å². The lowest BCUT2D eigenvalue weighted by atomic mass is 10.1. The van der Waals surface area contributed by atoms with Gasteiger partial charge in [0.15, 0.2) is 0 Å². The Morgan fingerprint density at radius 2 is 1.93 bits per heavy atom. The fourth-order valence-electron chi connectivity index (χ4n) is 2.92. The third-order valence-corrected chi connectivity index (χ3v) is 8.16. The number of amides is 1. The number of sulfonamides is 1. The third kappa shape index (κ3) is 4.40. The lowest BCUT2D eigenvalue weighted by Crippen LogP contribution is -2.23. The summed E-state index contributed by atoms with van der Waals surface area (Å²) in [6.45, 7) is 0. The van der Waals surface area contributed by atoms with Gasteiger partial charge >= 0.3 is 0 Å². The third-order valence-electron chi connectivity index (χ3n) is 4.32. The molecular formula is C20H16FN3O3S3. The van der Waals surface area contributed by atoms with Gasteiger partial charge in [0.25, 0.3) is 15.9 Å². The van der Waals surface area contributed by atoms with E-state index in [0.29, 0.717) is 17.7 Å². The zero-order valence-corrected chi connectivity index (χ0v) is 17.9. The Hall–Kier alpha value is -2.69. The van der Waals surface area contributed by atoms with Crippen LogP contribution in [-0.2, 0) is 10.0 Å². The predicted octanol–water partition coefficient (Wildman–Crippen LogP) is 4.32. The minimum atomic E-state index is -3.80. The van der Waals surface area contributed by atoms with Crippen molar-refractivity contribution in [3.63, 3.8) is 0 Å². The van der Waals surface area contributed by atoms with Crippen LogP contribution in [0.4, 0.5) is 10.1 Å². The van der Waals surface area contributed by atoms with E-state index in [9.17, 15) is 17.6 Å². The summed E-state index contributed by atoms with van der Waals surface area (Å²) in [5.41, 5.74) is 3.98. The zero-order valence-electron chi connectivity index (χ0n) is 15.5. The molecule has 0 saturated heterocycles. The molecule has 0 saturated carbocycles. The maximum atomic E-state index is 13.6. The van der Waals surface area contributed by atoms with Crippen molar-refractivity contribution in [3.8, 4) is 0 Å². The van der Waals surface area contributed by atoms with Gasteiger partial charge in [0.2, 0.25) is 0 Å². The van der Waals surface area contributed by atoms with Crippen LogP contribution in [0.3, 0.4) is 0 Å². The number of anilines is 1. The van der Waals surface area contributed by atoms with Crippen molar-refractivity contribution >= 4 is 50.4 Å². The number of fused-ring (bicyclic) bond motifs is 1. The first kappa shape index (κ1) is 20.6. The van der Waals surface area contributed by atoms with Gasteiger partial charge in [-0.1, -0.05) is 18.2 Å². The van der Waals surface area contributed by atoms with Crippen LogP contribution in [-0.4, -0.2) is 25.8 Å². The number of nitrogens with one attached hydrogen (secondary N) is 2. The van der Waals surface area contributed by atoms with Crippen molar-refractivity contribution in [3.05, 3.63) is 76.9 Å². The van der Waals surface area contributed by atoms with Crippen LogP contribution in [0.1, 0.15) is 22.3 Å². The molecule has 2 heterocycles. The smallest absolute Gasteiger partial charge is 0.273 e. The molecule has 0 fully saturated rings. The number of carbonyl (C=O) groups is 1. The largest absolute Gasteiger partial charge is 0.278 e. The van der Waals surface area contributed by atoms with Crippen LogP contribution in [0, 0.1) is 5.82 Å². The van der Waals surface area contributed by atoms with Crippen molar-refractivity contribution in [1.82, 2.24) is 5.43 Å². The molecule has 0 unspecified atom stereocenters. The second-order valence-corrected chi connectivity index (χ2v) is 10.3. The average molecular weight is 462 g/mol. The first-order valence-electron chi connectivity index (χ1n) is 8.89. The van der Waals surface area contributed by atoms with Crippen LogP contribution in [0.5, 0.6) is 0 Å². The molecule has 0 spiro atoms. The summed E-state index contributed by atoms with van der Waals surface area (Å²) >= 11 is 2.68. The van der Waals surface area contributed by atoms with E-state index in [4.69, 9.17) is 0 Å². The summed E-state index contributed by atoms with van der Waals surface area (Å²) in [5, 5.41) is 5.85. The van der Waals surface area contributed by atoms with Gasteiger partial charge in [0.05, 0.1) is 17.0 Å². The highest BCUT2D eigenvalue weighted by Crippen LogP contribution is 2.30. The molecule has 154 valence electrons. The van der Waals surface area contributed by atoms with E-state index in [1.807, 2.05) is 0 Å².